The Morgan fingerprint density at radius 3 is 2.70 bits per heavy atom. The summed E-state index contributed by atoms with van der Waals surface area (Å²) in [5.41, 5.74) is 1.42. The summed E-state index contributed by atoms with van der Waals surface area (Å²) < 4.78 is 2.12. The summed E-state index contributed by atoms with van der Waals surface area (Å²) in [4.78, 5) is 9.53. The van der Waals surface area contributed by atoms with Gasteiger partial charge in [-0.2, -0.15) is 0 Å². The van der Waals surface area contributed by atoms with Crippen LogP contribution in [0.1, 0.15) is 31.2 Å². The zero-order chi connectivity index (χ0) is 16.2. The number of piperidine rings is 1. The van der Waals surface area contributed by atoms with E-state index in [2.05, 4.69) is 70.7 Å². The lowest BCUT2D eigenvalue weighted by Gasteiger charge is -2.41. The summed E-state index contributed by atoms with van der Waals surface area (Å²) in [5, 5.41) is 0. The van der Waals surface area contributed by atoms with Crippen LogP contribution >= 0.6 is 0 Å². The molecule has 23 heavy (non-hydrogen) atoms. The van der Waals surface area contributed by atoms with E-state index in [1.807, 2.05) is 12.4 Å². The van der Waals surface area contributed by atoms with Crippen molar-refractivity contribution in [3.05, 3.63) is 54.1 Å². The second kappa shape index (κ2) is 7.28. The number of hydrogen-bond acceptors (Lipinski definition) is 3. The second-order valence-electron chi connectivity index (χ2n) is 6.85. The number of aromatic nitrogens is 2. The molecule has 2 atom stereocenters. The van der Waals surface area contributed by atoms with Gasteiger partial charge >= 0.3 is 0 Å². The summed E-state index contributed by atoms with van der Waals surface area (Å²) in [6, 6.07) is 12.1. The smallest absolute Gasteiger partial charge is 0.122 e. The van der Waals surface area contributed by atoms with Crippen LogP contribution in [-0.2, 0) is 20.1 Å². The highest BCUT2D eigenvalue weighted by atomic mass is 15.2. The van der Waals surface area contributed by atoms with Gasteiger partial charge in [0.05, 0.1) is 6.54 Å². The van der Waals surface area contributed by atoms with E-state index in [1.54, 1.807) is 0 Å². The summed E-state index contributed by atoms with van der Waals surface area (Å²) in [7, 11) is 4.31. The summed E-state index contributed by atoms with van der Waals surface area (Å²) in [6.07, 6.45) is 6.37. The number of benzene rings is 1. The third-order valence-corrected chi connectivity index (χ3v) is 5.15. The average molecular weight is 312 g/mol. The summed E-state index contributed by atoms with van der Waals surface area (Å²) >= 11 is 0. The van der Waals surface area contributed by atoms with Crippen molar-refractivity contribution in [3.8, 4) is 0 Å². The van der Waals surface area contributed by atoms with Crippen molar-refractivity contribution >= 4 is 0 Å². The van der Waals surface area contributed by atoms with Crippen molar-refractivity contribution in [3.63, 3.8) is 0 Å². The van der Waals surface area contributed by atoms with E-state index in [0.717, 1.165) is 18.9 Å². The quantitative estimate of drug-likeness (QED) is 0.848. The normalized spacial score (nSPS) is 22.6. The van der Waals surface area contributed by atoms with Crippen LogP contribution in [0.4, 0.5) is 0 Å². The van der Waals surface area contributed by atoms with Gasteiger partial charge < -0.3 is 4.57 Å². The molecule has 0 aliphatic carbocycles. The Hall–Kier alpha value is -1.65. The molecule has 1 aromatic carbocycles. The molecule has 1 saturated heterocycles. The first-order chi connectivity index (χ1) is 11.1. The molecule has 2 heterocycles. The van der Waals surface area contributed by atoms with Gasteiger partial charge in [-0.15, -0.1) is 0 Å². The highest BCUT2D eigenvalue weighted by molar-refractivity contribution is 5.14. The molecule has 1 fully saturated rings. The minimum Gasteiger partial charge on any atom is -0.337 e. The molecule has 0 N–H and O–H groups in total. The van der Waals surface area contributed by atoms with E-state index >= 15 is 0 Å². The topological polar surface area (TPSA) is 24.3 Å². The number of likely N-dealkylation sites (tertiary alicyclic amines) is 1. The predicted octanol–water partition coefficient (Wildman–Crippen LogP) is 2.91. The fraction of sp³-hybridized carbons (Fsp3) is 0.526. The van der Waals surface area contributed by atoms with E-state index in [9.17, 15) is 0 Å². The van der Waals surface area contributed by atoms with Gasteiger partial charge in [0.1, 0.15) is 5.82 Å². The molecule has 0 amide bonds. The lowest BCUT2D eigenvalue weighted by Crippen LogP contribution is -2.47. The molecule has 1 aliphatic rings. The van der Waals surface area contributed by atoms with Crippen molar-refractivity contribution in [1.82, 2.24) is 19.4 Å². The van der Waals surface area contributed by atoms with Crippen molar-refractivity contribution in [2.45, 2.75) is 44.9 Å². The average Bonchev–Trinajstić information content (AvgIpc) is 2.95. The van der Waals surface area contributed by atoms with Crippen LogP contribution in [0, 0.1) is 0 Å². The fourth-order valence-corrected chi connectivity index (χ4v) is 3.55. The van der Waals surface area contributed by atoms with Crippen LogP contribution in [0.5, 0.6) is 0 Å². The van der Waals surface area contributed by atoms with Crippen LogP contribution in [0.15, 0.2) is 42.7 Å². The maximum absolute atomic E-state index is 4.45. The molecular formula is C19H28N4. The first kappa shape index (κ1) is 16.2. The molecule has 1 aromatic heterocycles. The van der Waals surface area contributed by atoms with E-state index in [-0.39, 0.29) is 0 Å². The molecule has 4 nitrogen and oxygen atoms in total. The van der Waals surface area contributed by atoms with Crippen molar-refractivity contribution in [2.24, 2.45) is 7.05 Å². The SMILES string of the molecule is C[C@@H]1C[C@H](N(C)Cc2nccn2C)CCN1Cc1ccccc1. The minimum absolute atomic E-state index is 0.623. The molecule has 0 bridgehead atoms. The highest BCUT2D eigenvalue weighted by Gasteiger charge is 2.28. The zero-order valence-electron chi connectivity index (χ0n) is 14.5. The van der Waals surface area contributed by atoms with E-state index < -0.39 is 0 Å². The first-order valence-electron chi connectivity index (χ1n) is 8.58. The van der Waals surface area contributed by atoms with Crippen LogP contribution in [-0.4, -0.2) is 45.0 Å². The Kier molecular flexibility index (Phi) is 5.13. The Labute approximate surface area is 139 Å². The standard InChI is InChI=1S/C19H28N4/c1-16-13-18(22(3)15-19-20-10-12-21(19)2)9-11-23(16)14-17-7-5-4-6-8-17/h4-8,10,12,16,18H,9,11,13-15H2,1-3H3/t16-,18-/m1/s1. The maximum Gasteiger partial charge on any atom is 0.122 e. The molecule has 0 saturated carbocycles. The Morgan fingerprint density at radius 1 is 1.26 bits per heavy atom. The van der Waals surface area contributed by atoms with E-state index in [0.29, 0.717) is 12.1 Å². The van der Waals surface area contributed by atoms with Crippen molar-refractivity contribution in [1.29, 1.82) is 0 Å². The fourth-order valence-electron chi connectivity index (χ4n) is 3.55. The number of imidazole rings is 1. The summed E-state index contributed by atoms with van der Waals surface area (Å²) in [5.74, 6) is 1.15. The summed E-state index contributed by atoms with van der Waals surface area (Å²) in [6.45, 7) is 5.53. The largest absolute Gasteiger partial charge is 0.337 e. The molecule has 4 heteroatoms. The highest BCUT2D eigenvalue weighted by Crippen LogP contribution is 2.23. The van der Waals surface area contributed by atoms with Crippen LogP contribution < -0.4 is 0 Å². The number of aryl methyl sites for hydroxylation is 1. The lowest BCUT2D eigenvalue weighted by atomic mass is 9.96. The van der Waals surface area contributed by atoms with Gasteiger partial charge in [-0.25, -0.2) is 4.98 Å². The Bertz CT molecular complexity index is 607. The minimum atomic E-state index is 0.623. The molecule has 0 unspecified atom stereocenters. The predicted molar refractivity (Wildman–Crippen MR) is 94.0 cm³/mol. The van der Waals surface area contributed by atoms with Crippen LogP contribution in [0.3, 0.4) is 0 Å². The number of nitrogens with zero attached hydrogens (tertiary/aromatic N) is 4. The van der Waals surface area contributed by atoms with E-state index in [4.69, 9.17) is 0 Å². The Balaban J connectivity index is 1.54. The van der Waals surface area contributed by atoms with Gasteiger partial charge in [0.15, 0.2) is 0 Å². The van der Waals surface area contributed by atoms with Gasteiger partial charge in [0.2, 0.25) is 0 Å². The molecular weight excluding hydrogens is 284 g/mol. The lowest BCUT2D eigenvalue weighted by molar-refractivity contribution is 0.0757. The zero-order valence-corrected chi connectivity index (χ0v) is 14.5. The molecule has 2 aromatic rings. The van der Waals surface area contributed by atoms with E-state index in [1.165, 1.54) is 24.9 Å². The molecule has 3 rings (SSSR count). The van der Waals surface area contributed by atoms with Gasteiger partial charge in [0, 0.05) is 44.6 Å². The van der Waals surface area contributed by atoms with Crippen LogP contribution in [0.25, 0.3) is 0 Å². The maximum atomic E-state index is 4.45. The Morgan fingerprint density at radius 2 is 2.04 bits per heavy atom. The molecule has 1 aliphatic heterocycles. The van der Waals surface area contributed by atoms with Gasteiger partial charge in [-0.3, -0.25) is 9.80 Å². The number of hydrogen-bond donors (Lipinski definition) is 0. The van der Waals surface area contributed by atoms with Crippen molar-refractivity contribution < 1.29 is 0 Å². The number of rotatable bonds is 5. The second-order valence-corrected chi connectivity index (χ2v) is 6.85. The van der Waals surface area contributed by atoms with Gasteiger partial charge in [0.25, 0.3) is 0 Å². The van der Waals surface area contributed by atoms with Crippen LogP contribution in [0.2, 0.25) is 0 Å². The first-order valence-corrected chi connectivity index (χ1v) is 8.58. The third-order valence-electron chi connectivity index (χ3n) is 5.15. The van der Waals surface area contributed by atoms with Gasteiger partial charge in [-0.05, 0) is 32.4 Å². The molecule has 0 spiro atoms. The van der Waals surface area contributed by atoms with Crippen molar-refractivity contribution in [2.75, 3.05) is 13.6 Å². The third kappa shape index (κ3) is 4.01. The molecule has 124 valence electrons. The molecule has 0 radical (unpaired) electrons. The van der Waals surface area contributed by atoms with Gasteiger partial charge in [-0.1, -0.05) is 30.3 Å². The monoisotopic (exact) mass is 312 g/mol.